The molecule has 22 heavy (non-hydrogen) atoms. The number of fused-ring (bicyclic) bond motifs is 1. The van der Waals surface area contributed by atoms with Crippen LogP contribution in [-0.4, -0.2) is 23.7 Å². The quantitative estimate of drug-likeness (QED) is 0.686. The summed E-state index contributed by atoms with van der Waals surface area (Å²) in [6, 6.07) is 13.4. The summed E-state index contributed by atoms with van der Waals surface area (Å²) in [5, 5.41) is 16.9. The smallest absolute Gasteiger partial charge is 0.245 e. The highest BCUT2D eigenvalue weighted by atomic mass is 32.1. The molecule has 3 aromatic rings. The van der Waals surface area contributed by atoms with Crippen molar-refractivity contribution >= 4 is 22.2 Å². The molecule has 0 aliphatic rings. The van der Waals surface area contributed by atoms with Gasteiger partial charge in [-0.15, -0.1) is 11.3 Å². The Bertz CT molecular complexity index is 740. The maximum absolute atomic E-state index is 11.0. The lowest BCUT2D eigenvalue weighted by Crippen LogP contribution is -2.35. The third-order valence-electron chi connectivity index (χ3n) is 3.51. The zero-order valence-electron chi connectivity index (χ0n) is 12.3. The molecule has 0 aliphatic carbocycles. The number of ether oxygens (including phenoxy) is 1. The van der Waals surface area contributed by atoms with Gasteiger partial charge < -0.3 is 15.2 Å². The number of rotatable bonds is 6. The van der Waals surface area contributed by atoms with Gasteiger partial charge in [0.15, 0.2) is 0 Å². The largest absolute Gasteiger partial charge is 0.457 e. The van der Waals surface area contributed by atoms with E-state index in [1.807, 2.05) is 48.8 Å². The molecule has 1 atom stereocenters. The Labute approximate surface area is 133 Å². The van der Waals surface area contributed by atoms with Crippen molar-refractivity contribution in [3.63, 3.8) is 0 Å². The average molecular weight is 314 g/mol. The van der Waals surface area contributed by atoms with Crippen molar-refractivity contribution in [1.29, 1.82) is 0 Å². The van der Waals surface area contributed by atoms with E-state index in [4.69, 9.17) is 4.74 Å². The van der Waals surface area contributed by atoms with Crippen LogP contribution in [0, 0.1) is 0 Å². The fourth-order valence-electron chi connectivity index (χ4n) is 2.36. The minimum absolute atomic E-state index is 0.459. The minimum Gasteiger partial charge on any atom is -0.457 e. The molecule has 1 aromatic carbocycles. The van der Waals surface area contributed by atoms with E-state index in [0.717, 1.165) is 15.8 Å². The van der Waals surface area contributed by atoms with Gasteiger partial charge >= 0.3 is 0 Å². The molecule has 0 aliphatic heterocycles. The number of para-hydroxylation sites is 1. The van der Waals surface area contributed by atoms with Crippen molar-refractivity contribution in [2.75, 3.05) is 13.6 Å². The lowest BCUT2D eigenvalue weighted by molar-refractivity contribution is -0.146. The second-order valence-corrected chi connectivity index (χ2v) is 5.99. The average Bonchev–Trinajstić information content (AvgIpc) is 3.09. The van der Waals surface area contributed by atoms with Crippen molar-refractivity contribution < 1.29 is 9.84 Å². The first-order valence-electron chi connectivity index (χ1n) is 7.17. The second-order valence-electron chi connectivity index (χ2n) is 5.04. The molecule has 114 valence electrons. The Kier molecular flexibility index (Phi) is 4.38. The Morgan fingerprint density at radius 3 is 2.86 bits per heavy atom. The monoisotopic (exact) mass is 314 g/mol. The molecule has 4 nitrogen and oxygen atoms in total. The highest BCUT2D eigenvalue weighted by molar-refractivity contribution is 7.10. The number of aliphatic hydroxyl groups is 1. The summed E-state index contributed by atoms with van der Waals surface area (Å²) in [6.07, 6.45) is 2.16. The van der Waals surface area contributed by atoms with E-state index in [-0.39, 0.29) is 0 Å². The molecule has 0 unspecified atom stereocenters. The number of aromatic nitrogens is 1. The topological polar surface area (TPSA) is 54.4 Å². The third-order valence-corrected chi connectivity index (χ3v) is 4.51. The van der Waals surface area contributed by atoms with Crippen LogP contribution in [0.4, 0.5) is 0 Å². The van der Waals surface area contributed by atoms with Gasteiger partial charge in [0.05, 0.1) is 10.4 Å². The van der Waals surface area contributed by atoms with Gasteiger partial charge in [-0.2, -0.15) is 0 Å². The summed E-state index contributed by atoms with van der Waals surface area (Å²) < 4.78 is 6.05. The number of hydrogen-bond acceptors (Lipinski definition) is 5. The number of thiophene rings is 1. The Hall–Kier alpha value is -1.95. The predicted octanol–water partition coefficient (Wildman–Crippen LogP) is 3.13. The van der Waals surface area contributed by atoms with E-state index >= 15 is 0 Å². The molecule has 0 radical (unpaired) electrons. The van der Waals surface area contributed by atoms with Gasteiger partial charge in [0.2, 0.25) is 5.79 Å². The van der Waals surface area contributed by atoms with Crippen LogP contribution < -0.4 is 10.1 Å². The zero-order valence-corrected chi connectivity index (χ0v) is 13.1. The van der Waals surface area contributed by atoms with Gasteiger partial charge in [-0.1, -0.05) is 18.2 Å². The summed E-state index contributed by atoms with van der Waals surface area (Å²) in [4.78, 5) is 5.12. The SMILES string of the molecule is CNCC[C@@](O)(Oc1ccnc2ccccc12)c1cccs1. The van der Waals surface area contributed by atoms with E-state index in [1.54, 1.807) is 12.3 Å². The van der Waals surface area contributed by atoms with Crippen molar-refractivity contribution in [2.45, 2.75) is 12.2 Å². The van der Waals surface area contributed by atoms with Crippen LogP contribution in [0.3, 0.4) is 0 Å². The van der Waals surface area contributed by atoms with Crippen molar-refractivity contribution in [2.24, 2.45) is 0 Å². The highest BCUT2D eigenvalue weighted by Crippen LogP contribution is 2.34. The molecule has 5 heteroatoms. The number of nitrogens with one attached hydrogen (secondary N) is 1. The molecule has 2 N–H and O–H groups in total. The van der Waals surface area contributed by atoms with Gasteiger partial charge in [0.25, 0.3) is 0 Å². The number of benzene rings is 1. The van der Waals surface area contributed by atoms with E-state index in [1.165, 1.54) is 11.3 Å². The van der Waals surface area contributed by atoms with Crippen LogP contribution >= 0.6 is 11.3 Å². The van der Waals surface area contributed by atoms with Crippen LogP contribution in [0.5, 0.6) is 5.75 Å². The van der Waals surface area contributed by atoms with E-state index in [9.17, 15) is 5.11 Å². The fraction of sp³-hybridized carbons (Fsp3) is 0.235. The Morgan fingerprint density at radius 1 is 1.23 bits per heavy atom. The standard InChI is InChI=1S/C17H18N2O2S/c1-18-11-9-17(20,16-7-4-12-22-16)21-15-8-10-19-14-6-3-2-5-13(14)15/h2-8,10,12,18,20H,9,11H2,1H3/t17-/m1/s1. The van der Waals surface area contributed by atoms with Gasteiger partial charge in [0.1, 0.15) is 5.75 Å². The van der Waals surface area contributed by atoms with Gasteiger partial charge in [0, 0.05) is 24.5 Å². The maximum atomic E-state index is 11.0. The zero-order chi connectivity index (χ0) is 15.4. The summed E-state index contributed by atoms with van der Waals surface area (Å²) in [5.41, 5.74) is 0.849. The van der Waals surface area contributed by atoms with E-state index < -0.39 is 5.79 Å². The van der Waals surface area contributed by atoms with Crippen LogP contribution in [-0.2, 0) is 5.79 Å². The molecule has 0 fully saturated rings. The second kappa shape index (κ2) is 6.44. The van der Waals surface area contributed by atoms with Gasteiger partial charge in [-0.25, -0.2) is 0 Å². The summed E-state index contributed by atoms with van der Waals surface area (Å²) >= 11 is 1.49. The lowest BCUT2D eigenvalue weighted by Gasteiger charge is -2.28. The van der Waals surface area contributed by atoms with Crippen LogP contribution in [0.15, 0.2) is 54.0 Å². The molecule has 2 aromatic heterocycles. The molecule has 2 heterocycles. The molecule has 0 spiro atoms. The molecule has 0 saturated heterocycles. The Balaban J connectivity index is 1.99. The van der Waals surface area contributed by atoms with Crippen LogP contribution in [0.2, 0.25) is 0 Å². The lowest BCUT2D eigenvalue weighted by atomic mass is 10.1. The highest BCUT2D eigenvalue weighted by Gasteiger charge is 2.33. The first-order chi connectivity index (χ1) is 10.7. The normalized spacial score (nSPS) is 13.9. The predicted molar refractivity (Wildman–Crippen MR) is 89.1 cm³/mol. The summed E-state index contributed by atoms with van der Waals surface area (Å²) in [5.74, 6) is -0.709. The van der Waals surface area contributed by atoms with Crippen LogP contribution in [0.1, 0.15) is 11.3 Å². The number of pyridine rings is 1. The Morgan fingerprint density at radius 2 is 2.09 bits per heavy atom. The minimum atomic E-state index is -1.35. The van der Waals surface area contributed by atoms with E-state index in [2.05, 4.69) is 10.3 Å². The molecular formula is C17H18N2O2S. The first-order valence-corrected chi connectivity index (χ1v) is 8.04. The van der Waals surface area contributed by atoms with Crippen molar-refractivity contribution in [3.05, 3.63) is 58.9 Å². The third kappa shape index (κ3) is 2.97. The van der Waals surface area contributed by atoms with Crippen molar-refractivity contribution in [3.8, 4) is 5.75 Å². The van der Waals surface area contributed by atoms with Crippen molar-refractivity contribution in [1.82, 2.24) is 10.3 Å². The molecule has 0 bridgehead atoms. The summed E-state index contributed by atoms with van der Waals surface area (Å²) in [7, 11) is 1.86. The number of nitrogens with zero attached hydrogens (tertiary/aromatic N) is 1. The van der Waals surface area contributed by atoms with Gasteiger partial charge in [-0.05, 0) is 36.7 Å². The molecule has 3 rings (SSSR count). The number of hydrogen-bond donors (Lipinski definition) is 2. The summed E-state index contributed by atoms with van der Waals surface area (Å²) in [6.45, 7) is 0.650. The molecular weight excluding hydrogens is 296 g/mol. The molecule has 0 amide bonds. The van der Waals surface area contributed by atoms with E-state index in [0.29, 0.717) is 18.7 Å². The van der Waals surface area contributed by atoms with Gasteiger partial charge in [-0.3, -0.25) is 4.98 Å². The van der Waals surface area contributed by atoms with Crippen LogP contribution in [0.25, 0.3) is 10.9 Å². The maximum Gasteiger partial charge on any atom is 0.245 e. The molecule has 0 saturated carbocycles. The fourth-order valence-corrected chi connectivity index (χ4v) is 3.15. The first kappa shape index (κ1) is 15.0.